The summed E-state index contributed by atoms with van der Waals surface area (Å²) in [6, 6.07) is 14.8. The topological polar surface area (TPSA) is 41.2 Å². The first kappa shape index (κ1) is 35.8. The molecule has 3 aromatic rings. The Balaban J connectivity index is 0.000000298. The van der Waals surface area contributed by atoms with Crippen molar-refractivity contribution in [3.05, 3.63) is 98.8 Å². The first-order valence-electron chi connectivity index (χ1n) is 16.0. The number of aromatic carboxylic acids is 1. The van der Waals surface area contributed by atoms with Crippen molar-refractivity contribution in [3.63, 3.8) is 0 Å². The molecule has 1 N–H and O–H groups in total. The van der Waals surface area contributed by atoms with E-state index in [-0.39, 0.29) is 5.56 Å². The van der Waals surface area contributed by atoms with Crippen molar-refractivity contribution < 1.29 is 14.5 Å². The van der Waals surface area contributed by atoms with Crippen molar-refractivity contribution in [1.29, 1.82) is 0 Å². The minimum atomic E-state index is -0.949. The van der Waals surface area contributed by atoms with E-state index in [0.29, 0.717) is 22.0 Å². The molecule has 3 rings (SSSR count). The molecular weight excluding hydrogens is 561 g/mol. The van der Waals surface area contributed by atoms with Crippen molar-refractivity contribution in [2.24, 2.45) is 0 Å². The zero-order valence-corrected chi connectivity index (χ0v) is 27.7. The van der Waals surface area contributed by atoms with Crippen LogP contribution in [0.2, 0.25) is 10.0 Å². The van der Waals surface area contributed by atoms with Gasteiger partial charge < -0.3 is 5.11 Å². The molecule has 0 fully saturated rings. The van der Waals surface area contributed by atoms with Crippen LogP contribution in [0.1, 0.15) is 129 Å². The standard InChI is InChI=1S/C22H40N.C15H12Cl2O2/c1-3-4-5-6-7-8-9-10-11-12-13-14-15-16-19-23-20-17-18-22(2)21-23;1-9-6-7-13(16)12(14(9)17)8-10-4-2-3-5-11(10)15(18)19/h17-18,20-21H,3-16,19H2,1-2H3;2-7H,8H2,1H3,(H,18,19)/q+1;. The van der Waals surface area contributed by atoms with E-state index in [1.807, 2.05) is 13.0 Å². The SMILES string of the molecule is CCCCCCCCCCCCCCCC[n+]1cccc(C)c1.Cc1ccc(Cl)c(Cc2ccccc2C(=O)O)c1Cl. The fourth-order valence-corrected chi connectivity index (χ4v) is 5.74. The Morgan fingerprint density at radius 3 is 1.88 bits per heavy atom. The van der Waals surface area contributed by atoms with Crippen LogP contribution in [0.5, 0.6) is 0 Å². The summed E-state index contributed by atoms with van der Waals surface area (Å²) in [5.74, 6) is -0.949. The van der Waals surface area contributed by atoms with E-state index in [4.69, 9.17) is 23.2 Å². The number of benzene rings is 2. The van der Waals surface area contributed by atoms with Gasteiger partial charge in [0.2, 0.25) is 0 Å². The lowest BCUT2D eigenvalue weighted by Gasteiger charge is -2.11. The van der Waals surface area contributed by atoms with Gasteiger partial charge >= 0.3 is 5.97 Å². The zero-order valence-electron chi connectivity index (χ0n) is 26.1. The van der Waals surface area contributed by atoms with Gasteiger partial charge in [-0.05, 0) is 55.2 Å². The highest BCUT2D eigenvalue weighted by molar-refractivity contribution is 6.36. The molecule has 0 unspecified atom stereocenters. The Labute approximate surface area is 265 Å². The average Bonchev–Trinajstić information content (AvgIpc) is 2.98. The highest BCUT2D eigenvalue weighted by Crippen LogP contribution is 2.30. The summed E-state index contributed by atoms with van der Waals surface area (Å²) in [4.78, 5) is 11.2. The van der Waals surface area contributed by atoms with Crippen molar-refractivity contribution in [1.82, 2.24) is 0 Å². The van der Waals surface area contributed by atoms with Crippen LogP contribution in [0.4, 0.5) is 0 Å². The molecule has 0 amide bonds. The number of hydrogen-bond acceptors (Lipinski definition) is 1. The molecule has 0 saturated heterocycles. The van der Waals surface area contributed by atoms with E-state index in [1.54, 1.807) is 30.3 Å². The second kappa shape index (κ2) is 21.3. The van der Waals surface area contributed by atoms with Gasteiger partial charge in [0.1, 0.15) is 6.54 Å². The molecule has 0 spiro atoms. The molecule has 2 aromatic carbocycles. The summed E-state index contributed by atoms with van der Waals surface area (Å²) in [6.07, 6.45) is 24.9. The van der Waals surface area contributed by atoms with Gasteiger partial charge in [-0.25, -0.2) is 9.36 Å². The van der Waals surface area contributed by atoms with E-state index in [2.05, 4.69) is 42.9 Å². The third kappa shape index (κ3) is 14.2. The first-order valence-corrected chi connectivity index (χ1v) is 16.8. The molecule has 0 saturated carbocycles. The predicted octanol–water partition coefficient (Wildman–Crippen LogP) is 11.4. The monoisotopic (exact) mass is 612 g/mol. The molecule has 0 bridgehead atoms. The molecule has 0 aliphatic heterocycles. The third-order valence-electron chi connectivity index (χ3n) is 7.77. The normalized spacial score (nSPS) is 10.8. The molecule has 5 heteroatoms. The number of pyridine rings is 1. The Hall–Kier alpha value is -2.36. The maximum atomic E-state index is 11.2. The number of unbranched alkanes of at least 4 members (excludes halogenated alkanes) is 13. The fraction of sp³-hybridized carbons (Fsp3) is 0.514. The van der Waals surface area contributed by atoms with Crippen LogP contribution in [-0.4, -0.2) is 11.1 Å². The van der Waals surface area contributed by atoms with Crippen LogP contribution in [0.15, 0.2) is 60.9 Å². The zero-order chi connectivity index (χ0) is 30.6. The van der Waals surface area contributed by atoms with Crippen molar-refractivity contribution in [2.75, 3.05) is 0 Å². The van der Waals surface area contributed by atoms with Gasteiger partial charge in [-0.1, -0.05) is 131 Å². The van der Waals surface area contributed by atoms with E-state index in [9.17, 15) is 9.90 Å². The van der Waals surface area contributed by atoms with Crippen LogP contribution in [-0.2, 0) is 13.0 Å². The minimum Gasteiger partial charge on any atom is -0.478 e. The summed E-state index contributed by atoms with van der Waals surface area (Å²) in [5, 5.41) is 10.3. The van der Waals surface area contributed by atoms with Crippen LogP contribution >= 0.6 is 23.2 Å². The quantitative estimate of drug-likeness (QED) is 0.115. The van der Waals surface area contributed by atoms with Crippen LogP contribution in [0.3, 0.4) is 0 Å². The number of aryl methyl sites for hydroxylation is 3. The smallest absolute Gasteiger partial charge is 0.335 e. The average molecular weight is 614 g/mol. The lowest BCUT2D eigenvalue weighted by Crippen LogP contribution is -2.32. The predicted molar refractivity (Wildman–Crippen MR) is 179 cm³/mol. The van der Waals surface area contributed by atoms with Gasteiger partial charge in [0.15, 0.2) is 12.4 Å². The van der Waals surface area contributed by atoms with Crippen molar-refractivity contribution in [2.45, 2.75) is 124 Å². The summed E-state index contributed by atoms with van der Waals surface area (Å²) >= 11 is 12.4. The Morgan fingerprint density at radius 2 is 1.31 bits per heavy atom. The molecule has 0 radical (unpaired) electrons. The van der Waals surface area contributed by atoms with Gasteiger partial charge in [-0.15, -0.1) is 0 Å². The fourth-order valence-electron chi connectivity index (χ4n) is 5.23. The molecule has 230 valence electrons. The lowest BCUT2D eigenvalue weighted by molar-refractivity contribution is -0.697. The summed E-state index contributed by atoms with van der Waals surface area (Å²) in [5.41, 5.74) is 4.02. The highest BCUT2D eigenvalue weighted by Gasteiger charge is 2.14. The Bertz CT molecular complexity index is 1190. The molecule has 1 aromatic heterocycles. The van der Waals surface area contributed by atoms with Crippen molar-refractivity contribution >= 4 is 29.2 Å². The van der Waals surface area contributed by atoms with Gasteiger partial charge in [0, 0.05) is 34.5 Å². The number of carboxylic acids is 1. The second-order valence-electron chi connectivity index (χ2n) is 11.5. The Kier molecular flexibility index (Phi) is 18.2. The minimum absolute atomic E-state index is 0.274. The molecular formula is C37H52Cl2NO2+. The molecule has 0 aliphatic carbocycles. The third-order valence-corrected chi connectivity index (χ3v) is 8.65. The first-order chi connectivity index (χ1) is 20.3. The summed E-state index contributed by atoms with van der Waals surface area (Å²) < 4.78 is 2.33. The molecule has 0 aliphatic rings. The molecule has 1 heterocycles. The number of aromatic nitrogens is 1. The number of carbonyl (C=O) groups is 1. The van der Waals surface area contributed by atoms with Crippen LogP contribution in [0.25, 0.3) is 0 Å². The largest absolute Gasteiger partial charge is 0.478 e. The number of rotatable bonds is 18. The number of nitrogens with zero attached hydrogens (tertiary/aromatic N) is 1. The van der Waals surface area contributed by atoms with Gasteiger partial charge in [0.05, 0.1) is 5.56 Å². The van der Waals surface area contributed by atoms with E-state index >= 15 is 0 Å². The summed E-state index contributed by atoms with van der Waals surface area (Å²) in [6.45, 7) is 7.54. The van der Waals surface area contributed by atoms with E-state index < -0.39 is 5.97 Å². The molecule has 3 nitrogen and oxygen atoms in total. The highest BCUT2D eigenvalue weighted by atomic mass is 35.5. The van der Waals surface area contributed by atoms with Crippen molar-refractivity contribution in [3.8, 4) is 0 Å². The molecule has 42 heavy (non-hydrogen) atoms. The van der Waals surface area contributed by atoms with Crippen LogP contribution < -0.4 is 4.57 Å². The number of carboxylic acid groups (broad SMARTS) is 1. The summed E-state index contributed by atoms with van der Waals surface area (Å²) in [7, 11) is 0. The maximum absolute atomic E-state index is 11.2. The number of halogens is 2. The second-order valence-corrected chi connectivity index (χ2v) is 12.3. The Morgan fingerprint density at radius 1 is 0.738 bits per heavy atom. The van der Waals surface area contributed by atoms with Crippen LogP contribution in [0, 0.1) is 13.8 Å². The lowest BCUT2D eigenvalue weighted by atomic mass is 9.98. The number of hydrogen-bond donors (Lipinski definition) is 1. The van der Waals surface area contributed by atoms with Gasteiger partial charge in [-0.2, -0.15) is 0 Å². The van der Waals surface area contributed by atoms with Gasteiger partial charge in [-0.3, -0.25) is 0 Å². The van der Waals surface area contributed by atoms with E-state index in [0.717, 1.165) is 11.1 Å². The molecule has 0 atom stereocenters. The maximum Gasteiger partial charge on any atom is 0.335 e. The van der Waals surface area contributed by atoms with Gasteiger partial charge in [0.25, 0.3) is 0 Å². The van der Waals surface area contributed by atoms with E-state index in [1.165, 1.54) is 102 Å².